The van der Waals surface area contributed by atoms with Gasteiger partial charge in [-0.3, -0.25) is 9.59 Å². The first-order valence-electron chi connectivity index (χ1n) is 8.34. The lowest BCUT2D eigenvalue weighted by Crippen LogP contribution is -2.33. The number of nitrogens with two attached hydrogens (primary N) is 1. The van der Waals surface area contributed by atoms with Gasteiger partial charge in [-0.05, 0) is 49.9 Å². The van der Waals surface area contributed by atoms with E-state index in [1.165, 1.54) is 0 Å². The molecule has 0 aliphatic carbocycles. The van der Waals surface area contributed by atoms with Crippen molar-refractivity contribution >= 4 is 35.6 Å². The minimum Gasteiger partial charge on any atom is -0.399 e. The number of anilines is 2. The number of para-hydroxylation sites is 1. The normalized spacial score (nSPS) is 9.96. The van der Waals surface area contributed by atoms with Gasteiger partial charge in [0.15, 0.2) is 0 Å². The Kier molecular flexibility index (Phi) is 8.13. The van der Waals surface area contributed by atoms with Crippen molar-refractivity contribution in [2.24, 2.45) is 0 Å². The van der Waals surface area contributed by atoms with Gasteiger partial charge >= 0.3 is 0 Å². The molecule has 2 amide bonds. The van der Waals surface area contributed by atoms with E-state index < -0.39 is 0 Å². The van der Waals surface area contributed by atoms with Crippen molar-refractivity contribution in [3.63, 3.8) is 0 Å². The van der Waals surface area contributed by atoms with E-state index in [2.05, 4.69) is 10.6 Å². The van der Waals surface area contributed by atoms with Crippen LogP contribution in [0.15, 0.2) is 36.4 Å². The van der Waals surface area contributed by atoms with Crippen LogP contribution >= 0.6 is 12.4 Å². The standard InChI is InChI=1S/C20H25N3O2.ClH/c1-13-10-14(2)20(15(3)11-13)23-19(25)12-22-18(24)9-8-16-6-4-5-7-17(16)21;/h4-7,10-11H,8-9,12,21H2,1-3H3,(H,22,24)(H,23,25);1H. The molecule has 0 saturated carbocycles. The summed E-state index contributed by atoms with van der Waals surface area (Å²) in [4.78, 5) is 24.0. The van der Waals surface area contributed by atoms with E-state index in [-0.39, 0.29) is 30.8 Å². The summed E-state index contributed by atoms with van der Waals surface area (Å²) in [6.45, 7) is 5.89. The number of halogens is 1. The van der Waals surface area contributed by atoms with Crippen LogP contribution < -0.4 is 16.4 Å². The molecule has 140 valence electrons. The van der Waals surface area contributed by atoms with E-state index in [1.54, 1.807) is 0 Å². The van der Waals surface area contributed by atoms with Gasteiger partial charge in [0.1, 0.15) is 0 Å². The van der Waals surface area contributed by atoms with E-state index >= 15 is 0 Å². The van der Waals surface area contributed by atoms with Gasteiger partial charge < -0.3 is 16.4 Å². The van der Waals surface area contributed by atoms with Crippen molar-refractivity contribution < 1.29 is 9.59 Å². The SMILES string of the molecule is Cc1cc(C)c(NC(=O)CNC(=O)CCc2ccccc2N)c(C)c1.Cl. The number of carbonyl (C=O) groups is 2. The summed E-state index contributed by atoms with van der Waals surface area (Å²) >= 11 is 0. The average molecular weight is 376 g/mol. The molecule has 6 heteroatoms. The molecular weight excluding hydrogens is 350 g/mol. The van der Waals surface area contributed by atoms with Crippen LogP contribution in [0, 0.1) is 20.8 Å². The molecule has 0 atom stereocenters. The van der Waals surface area contributed by atoms with Crippen LogP contribution in [0.5, 0.6) is 0 Å². The Bertz CT molecular complexity index is 767. The van der Waals surface area contributed by atoms with E-state index in [0.29, 0.717) is 18.5 Å². The topological polar surface area (TPSA) is 84.2 Å². The fourth-order valence-electron chi connectivity index (χ4n) is 2.84. The predicted molar refractivity (Wildman–Crippen MR) is 109 cm³/mol. The van der Waals surface area contributed by atoms with Crippen LogP contribution in [0.3, 0.4) is 0 Å². The highest BCUT2D eigenvalue weighted by Gasteiger charge is 2.10. The van der Waals surface area contributed by atoms with Crippen molar-refractivity contribution in [2.75, 3.05) is 17.6 Å². The lowest BCUT2D eigenvalue weighted by atomic mass is 10.1. The zero-order valence-corrected chi connectivity index (χ0v) is 16.2. The molecule has 0 radical (unpaired) electrons. The number of nitrogens with one attached hydrogen (secondary N) is 2. The van der Waals surface area contributed by atoms with E-state index in [0.717, 1.165) is 27.9 Å². The van der Waals surface area contributed by atoms with E-state index in [9.17, 15) is 9.59 Å². The van der Waals surface area contributed by atoms with Gasteiger partial charge in [0.25, 0.3) is 0 Å². The van der Waals surface area contributed by atoms with Crippen LogP contribution in [0.1, 0.15) is 28.7 Å². The van der Waals surface area contributed by atoms with Crippen molar-refractivity contribution in [1.29, 1.82) is 0 Å². The molecule has 2 aromatic rings. The fourth-order valence-corrected chi connectivity index (χ4v) is 2.84. The Morgan fingerprint density at radius 2 is 1.62 bits per heavy atom. The maximum absolute atomic E-state index is 12.1. The molecule has 5 nitrogen and oxygen atoms in total. The molecule has 0 fully saturated rings. The van der Waals surface area contributed by atoms with Gasteiger partial charge in [0, 0.05) is 17.8 Å². The Hall–Kier alpha value is -2.53. The number of nitrogen functional groups attached to an aromatic ring is 1. The van der Waals surface area contributed by atoms with Gasteiger partial charge in [-0.2, -0.15) is 0 Å². The summed E-state index contributed by atoms with van der Waals surface area (Å²) < 4.78 is 0. The van der Waals surface area contributed by atoms with Crippen LogP contribution in [0.4, 0.5) is 11.4 Å². The highest BCUT2D eigenvalue weighted by molar-refractivity contribution is 5.95. The minimum atomic E-state index is -0.234. The number of hydrogen-bond donors (Lipinski definition) is 3. The summed E-state index contributed by atoms with van der Waals surface area (Å²) in [6.07, 6.45) is 0.848. The third kappa shape index (κ3) is 6.08. The third-order valence-corrected chi connectivity index (χ3v) is 4.06. The second-order valence-electron chi connectivity index (χ2n) is 6.30. The number of benzene rings is 2. The lowest BCUT2D eigenvalue weighted by Gasteiger charge is -2.13. The number of carbonyl (C=O) groups excluding carboxylic acids is 2. The molecule has 2 rings (SSSR count). The lowest BCUT2D eigenvalue weighted by molar-refractivity contribution is -0.124. The zero-order valence-electron chi connectivity index (χ0n) is 15.4. The molecule has 0 bridgehead atoms. The van der Waals surface area contributed by atoms with E-state index in [1.807, 2.05) is 57.2 Å². The first-order chi connectivity index (χ1) is 11.9. The monoisotopic (exact) mass is 375 g/mol. The fraction of sp³-hybridized carbons (Fsp3) is 0.300. The number of rotatable bonds is 6. The molecule has 4 N–H and O–H groups in total. The summed E-state index contributed by atoms with van der Waals surface area (Å²) in [5.41, 5.74) is 11.5. The summed E-state index contributed by atoms with van der Waals surface area (Å²) in [6, 6.07) is 11.5. The minimum absolute atomic E-state index is 0. The Morgan fingerprint density at radius 1 is 1.00 bits per heavy atom. The zero-order chi connectivity index (χ0) is 18.4. The Morgan fingerprint density at radius 3 is 2.23 bits per heavy atom. The van der Waals surface area contributed by atoms with Gasteiger partial charge in [-0.25, -0.2) is 0 Å². The van der Waals surface area contributed by atoms with Gasteiger partial charge in [-0.1, -0.05) is 35.9 Å². The molecule has 0 spiro atoms. The maximum atomic E-state index is 12.1. The van der Waals surface area contributed by atoms with Gasteiger partial charge in [0.2, 0.25) is 11.8 Å². The van der Waals surface area contributed by atoms with Crippen LogP contribution in [-0.2, 0) is 16.0 Å². The van der Waals surface area contributed by atoms with Gasteiger partial charge in [-0.15, -0.1) is 12.4 Å². The Labute approximate surface area is 160 Å². The van der Waals surface area contributed by atoms with Gasteiger partial charge in [0.05, 0.1) is 6.54 Å². The predicted octanol–water partition coefficient (Wildman–Crippen LogP) is 3.30. The largest absolute Gasteiger partial charge is 0.399 e. The highest BCUT2D eigenvalue weighted by atomic mass is 35.5. The maximum Gasteiger partial charge on any atom is 0.243 e. The van der Waals surface area contributed by atoms with Crippen molar-refractivity contribution in [1.82, 2.24) is 5.32 Å². The third-order valence-electron chi connectivity index (χ3n) is 4.06. The Balaban J connectivity index is 0.00000338. The van der Waals surface area contributed by atoms with E-state index in [4.69, 9.17) is 5.73 Å². The number of aryl methyl sites for hydroxylation is 4. The van der Waals surface area contributed by atoms with Crippen molar-refractivity contribution in [3.05, 3.63) is 58.7 Å². The molecular formula is C20H26ClN3O2. The summed E-state index contributed by atoms with van der Waals surface area (Å²) in [7, 11) is 0. The van der Waals surface area contributed by atoms with Crippen LogP contribution in [0.25, 0.3) is 0 Å². The molecule has 0 aromatic heterocycles. The molecule has 0 heterocycles. The molecule has 26 heavy (non-hydrogen) atoms. The molecule has 0 aliphatic heterocycles. The molecule has 2 aromatic carbocycles. The first-order valence-corrected chi connectivity index (χ1v) is 8.34. The van der Waals surface area contributed by atoms with Crippen molar-refractivity contribution in [2.45, 2.75) is 33.6 Å². The smallest absolute Gasteiger partial charge is 0.243 e. The molecule has 0 aliphatic rings. The summed E-state index contributed by atoms with van der Waals surface area (Å²) in [5, 5.41) is 5.52. The average Bonchev–Trinajstić information content (AvgIpc) is 2.55. The summed E-state index contributed by atoms with van der Waals surface area (Å²) in [5.74, 6) is -0.404. The first kappa shape index (κ1) is 21.5. The molecule has 0 saturated heterocycles. The number of hydrogen-bond acceptors (Lipinski definition) is 3. The highest BCUT2D eigenvalue weighted by Crippen LogP contribution is 2.21. The van der Waals surface area contributed by atoms with Crippen molar-refractivity contribution in [3.8, 4) is 0 Å². The second-order valence-corrected chi connectivity index (χ2v) is 6.30. The second kappa shape index (κ2) is 9.82. The number of amides is 2. The van der Waals surface area contributed by atoms with Crippen LogP contribution in [-0.4, -0.2) is 18.4 Å². The molecule has 0 unspecified atom stereocenters. The van der Waals surface area contributed by atoms with Crippen LogP contribution in [0.2, 0.25) is 0 Å². The quantitative estimate of drug-likeness (QED) is 0.677.